The molecule has 1 aliphatic rings. The number of carbonyl (C=O) groups is 2. The molecule has 0 radical (unpaired) electrons. The molecule has 0 atom stereocenters. The summed E-state index contributed by atoms with van der Waals surface area (Å²) >= 11 is 5.58. The van der Waals surface area contributed by atoms with E-state index in [1.54, 1.807) is 0 Å². The second kappa shape index (κ2) is 8.41. The number of nitrogens with zero attached hydrogens (tertiary/aromatic N) is 1. The molecular formula is C14H25ClN2O2. The van der Waals surface area contributed by atoms with Crippen LogP contribution in [0.1, 0.15) is 46.0 Å². The van der Waals surface area contributed by atoms with Crippen molar-refractivity contribution >= 4 is 23.4 Å². The number of piperidine rings is 1. The summed E-state index contributed by atoms with van der Waals surface area (Å²) < 4.78 is 0. The number of unbranched alkanes of at least 4 members (excludes halogenated alkanes) is 1. The number of rotatable bonds is 6. The summed E-state index contributed by atoms with van der Waals surface area (Å²) in [5.74, 6) is 0.996. The fourth-order valence-electron chi connectivity index (χ4n) is 2.29. The van der Waals surface area contributed by atoms with Crippen molar-refractivity contribution in [1.82, 2.24) is 10.2 Å². The molecule has 1 rings (SSSR count). The Labute approximate surface area is 120 Å². The predicted molar refractivity (Wildman–Crippen MR) is 77.2 cm³/mol. The van der Waals surface area contributed by atoms with Gasteiger partial charge in [-0.3, -0.25) is 9.59 Å². The van der Waals surface area contributed by atoms with Crippen LogP contribution in [0.4, 0.5) is 0 Å². The predicted octanol–water partition coefficient (Wildman–Crippen LogP) is 2.16. The summed E-state index contributed by atoms with van der Waals surface area (Å²) in [6, 6.07) is 0.222. The normalized spacial score (nSPS) is 16.7. The van der Waals surface area contributed by atoms with Gasteiger partial charge in [0.25, 0.3) is 0 Å². The summed E-state index contributed by atoms with van der Waals surface area (Å²) in [5.41, 5.74) is 0. The van der Waals surface area contributed by atoms with Gasteiger partial charge in [-0.05, 0) is 25.7 Å². The Bertz CT molecular complexity index is 300. The van der Waals surface area contributed by atoms with E-state index in [0.717, 1.165) is 38.8 Å². The average molecular weight is 289 g/mol. The van der Waals surface area contributed by atoms with Gasteiger partial charge in [-0.25, -0.2) is 0 Å². The SMILES string of the molecule is CC(C)C(=O)N1CCC(NC(=O)CCCCCl)CC1. The zero-order valence-electron chi connectivity index (χ0n) is 12.0. The van der Waals surface area contributed by atoms with E-state index in [0.29, 0.717) is 12.3 Å². The monoisotopic (exact) mass is 288 g/mol. The van der Waals surface area contributed by atoms with Crippen molar-refractivity contribution in [3.8, 4) is 0 Å². The Balaban J connectivity index is 2.23. The molecule has 1 N–H and O–H groups in total. The number of amides is 2. The summed E-state index contributed by atoms with van der Waals surface area (Å²) in [6.07, 6.45) is 4.01. The largest absolute Gasteiger partial charge is 0.353 e. The molecule has 0 aromatic heterocycles. The maximum atomic E-state index is 11.8. The van der Waals surface area contributed by atoms with Crippen molar-refractivity contribution in [3.63, 3.8) is 0 Å². The van der Waals surface area contributed by atoms with E-state index < -0.39 is 0 Å². The number of halogens is 1. The number of likely N-dealkylation sites (tertiary alicyclic amines) is 1. The average Bonchev–Trinajstić information content (AvgIpc) is 2.39. The molecule has 0 bridgehead atoms. The Hall–Kier alpha value is -0.770. The smallest absolute Gasteiger partial charge is 0.225 e. The number of hydrogen-bond acceptors (Lipinski definition) is 2. The van der Waals surface area contributed by atoms with Crippen molar-refractivity contribution in [2.45, 2.75) is 52.0 Å². The van der Waals surface area contributed by atoms with E-state index in [9.17, 15) is 9.59 Å². The number of carbonyl (C=O) groups excluding carboxylic acids is 2. The second-order valence-electron chi connectivity index (χ2n) is 5.47. The van der Waals surface area contributed by atoms with E-state index in [-0.39, 0.29) is 23.8 Å². The highest BCUT2D eigenvalue weighted by Crippen LogP contribution is 2.13. The third-order valence-corrected chi connectivity index (χ3v) is 3.72. The van der Waals surface area contributed by atoms with E-state index in [1.165, 1.54) is 0 Å². The Morgan fingerprint density at radius 1 is 1.26 bits per heavy atom. The zero-order valence-corrected chi connectivity index (χ0v) is 12.7. The van der Waals surface area contributed by atoms with Gasteiger partial charge in [0.15, 0.2) is 0 Å². The lowest BCUT2D eigenvalue weighted by Crippen LogP contribution is -2.47. The number of alkyl halides is 1. The molecule has 0 aromatic carbocycles. The first-order chi connectivity index (χ1) is 9.04. The van der Waals surface area contributed by atoms with Gasteiger partial charge in [0.2, 0.25) is 11.8 Å². The van der Waals surface area contributed by atoms with Gasteiger partial charge in [-0.2, -0.15) is 0 Å². The number of nitrogens with one attached hydrogen (secondary N) is 1. The molecule has 2 amide bonds. The minimum atomic E-state index is 0.0571. The maximum Gasteiger partial charge on any atom is 0.225 e. The van der Waals surface area contributed by atoms with Gasteiger partial charge < -0.3 is 10.2 Å². The first kappa shape index (κ1) is 16.3. The van der Waals surface area contributed by atoms with E-state index in [4.69, 9.17) is 11.6 Å². The lowest BCUT2D eigenvalue weighted by atomic mass is 10.0. The maximum absolute atomic E-state index is 11.8. The lowest BCUT2D eigenvalue weighted by Gasteiger charge is -2.33. The molecule has 0 spiro atoms. The van der Waals surface area contributed by atoms with Gasteiger partial charge >= 0.3 is 0 Å². The van der Waals surface area contributed by atoms with Crippen molar-refractivity contribution in [1.29, 1.82) is 0 Å². The van der Waals surface area contributed by atoms with Gasteiger partial charge in [-0.15, -0.1) is 11.6 Å². The highest BCUT2D eigenvalue weighted by molar-refractivity contribution is 6.17. The minimum Gasteiger partial charge on any atom is -0.353 e. The molecular weight excluding hydrogens is 264 g/mol. The van der Waals surface area contributed by atoms with Crippen LogP contribution in [0.5, 0.6) is 0 Å². The third-order valence-electron chi connectivity index (χ3n) is 3.45. The first-order valence-corrected chi connectivity index (χ1v) is 7.72. The molecule has 4 nitrogen and oxygen atoms in total. The highest BCUT2D eigenvalue weighted by atomic mass is 35.5. The summed E-state index contributed by atoms with van der Waals surface area (Å²) in [6.45, 7) is 5.35. The zero-order chi connectivity index (χ0) is 14.3. The van der Waals surface area contributed by atoms with Gasteiger partial charge in [0.1, 0.15) is 0 Å². The summed E-state index contributed by atoms with van der Waals surface area (Å²) in [7, 11) is 0. The van der Waals surface area contributed by atoms with Crippen LogP contribution in [0.2, 0.25) is 0 Å². The van der Waals surface area contributed by atoms with E-state index in [1.807, 2.05) is 18.7 Å². The molecule has 1 heterocycles. The van der Waals surface area contributed by atoms with E-state index in [2.05, 4.69) is 5.32 Å². The van der Waals surface area contributed by atoms with Gasteiger partial charge in [0.05, 0.1) is 0 Å². The fraction of sp³-hybridized carbons (Fsp3) is 0.857. The number of hydrogen-bond donors (Lipinski definition) is 1. The summed E-state index contributed by atoms with van der Waals surface area (Å²) in [5, 5.41) is 3.05. The second-order valence-corrected chi connectivity index (χ2v) is 5.85. The van der Waals surface area contributed by atoms with Gasteiger partial charge in [-0.1, -0.05) is 13.8 Å². The standard InChI is InChI=1S/C14H25ClN2O2/c1-11(2)14(19)17-9-6-12(7-10-17)16-13(18)5-3-4-8-15/h11-12H,3-10H2,1-2H3,(H,16,18). The van der Waals surface area contributed by atoms with Gasteiger partial charge in [0, 0.05) is 37.4 Å². The van der Waals surface area contributed by atoms with Crippen LogP contribution < -0.4 is 5.32 Å². The molecule has 5 heteroatoms. The van der Waals surface area contributed by atoms with Crippen LogP contribution in [0, 0.1) is 5.92 Å². The molecule has 1 fully saturated rings. The molecule has 0 aliphatic carbocycles. The molecule has 0 unspecified atom stereocenters. The van der Waals surface area contributed by atoms with Crippen LogP contribution in [0.3, 0.4) is 0 Å². The van der Waals surface area contributed by atoms with Crippen LogP contribution in [-0.4, -0.2) is 41.7 Å². The van der Waals surface area contributed by atoms with Crippen LogP contribution >= 0.6 is 11.6 Å². The highest BCUT2D eigenvalue weighted by Gasteiger charge is 2.24. The molecule has 110 valence electrons. The fourth-order valence-corrected chi connectivity index (χ4v) is 2.48. The lowest BCUT2D eigenvalue weighted by molar-refractivity contribution is -0.135. The van der Waals surface area contributed by atoms with E-state index >= 15 is 0 Å². The van der Waals surface area contributed by atoms with Crippen molar-refractivity contribution in [2.24, 2.45) is 5.92 Å². The Kier molecular flexibility index (Phi) is 7.21. The molecule has 0 aromatic rings. The first-order valence-electron chi connectivity index (χ1n) is 7.18. The van der Waals surface area contributed by atoms with Crippen LogP contribution in [-0.2, 0) is 9.59 Å². The van der Waals surface area contributed by atoms with Crippen molar-refractivity contribution < 1.29 is 9.59 Å². The molecule has 19 heavy (non-hydrogen) atoms. The minimum absolute atomic E-state index is 0.0571. The topological polar surface area (TPSA) is 49.4 Å². The Morgan fingerprint density at radius 3 is 2.42 bits per heavy atom. The van der Waals surface area contributed by atoms with Crippen LogP contribution in [0.25, 0.3) is 0 Å². The quantitative estimate of drug-likeness (QED) is 0.601. The molecule has 1 saturated heterocycles. The van der Waals surface area contributed by atoms with Crippen LogP contribution in [0.15, 0.2) is 0 Å². The van der Waals surface area contributed by atoms with Crippen molar-refractivity contribution in [3.05, 3.63) is 0 Å². The molecule has 1 aliphatic heterocycles. The molecule has 0 saturated carbocycles. The van der Waals surface area contributed by atoms with Crippen molar-refractivity contribution in [2.75, 3.05) is 19.0 Å². The third kappa shape index (κ3) is 5.81. The Morgan fingerprint density at radius 2 is 1.89 bits per heavy atom. The summed E-state index contributed by atoms with van der Waals surface area (Å²) in [4.78, 5) is 25.4.